The van der Waals surface area contributed by atoms with Gasteiger partial charge in [0, 0.05) is 6.20 Å². The second kappa shape index (κ2) is 6.37. The van der Waals surface area contributed by atoms with Crippen LogP contribution in [0.2, 0.25) is 0 Å². The van der Waals surface area contributed by atoms with Crippen LogP contribution in [0.1, 0.15) is 34.6 Å². The molecule has 3 N–H and O–H groups in total. The zero-order valence-electron chi connectivity index (χ0n) is 11.6. The summed E-state index contributed by atoms with van der Waals surface area (Å²) in [6, 6.07) is 5.52. The van der Waals surface area contributed by atoms with Crippen LogP contribution in [-0.2, 0) is 0 Å². The van der Waals surface area contributed by atoms with Crippen molar-refractivity contribution in [3.05, 3.63) is 58.9 Å². The smallest absolute Gasteiger partial charge is 0.253 e. The number of aromatic nitrogens is 1. The fraction of sp³-hybridized carbons (Fsp3) is 0.200. The number of benzene rings is 1. The standard InChI is InChI=1S/C15H13F2N3O2/c1-8(14(21)9-2-3-12(16)13(17)5-9)20-15(22)10-4-11(6-18)19-7-10/h2-5,7-8,14,19,21H,1H3,(H,20,22). The Morgan fingerprint density at radius 1 is 1.36 bits per heavy atom. The van der Waals surface area contributed by atoms with E-state index in [1.165, 1.54) is 25.3 Å². The molecule has 0 bridgehead atoms. The zero-order chi connectivity index (χ0) is 16.3. The molecule has 1 heterocycles. The van der Waals surface area contributed by atoms with Crippen molar-refractivity contribution >= 4 is 5.91 Å². The maximum Gasteiger partial charge on any atom is 0.253 e. The van der Waals surface area contributed by atoms with E-state index >= 15 is 0 Å². The Morgan fingerprint density at radius 3 is 2.68 bits per heavy atom. The first-order valence-electron chi connectivity index (χ1n) is 6.44. The third-order valence-corrected chi connectivity index (χ3v) is 3.18. The molecule has 1 aromatic heterocycles. The number of hydrogen-bond acceptors (Lipinski definition) is 3. The maximum atomic E-state index is 13.2. The van der Waals surface area contributed by atoms with Gasteiger partial charge in [-0.25, -0.2) is 8.78 Å². The highest BCUT2D eigenvalue weighted by molar-refractivity contribution is 5.94. The lowest BCUT2D eigenvalue weighted by molar-refractivity contribution is 0.0851. The molecule has 0 radical (unpaired) electrons. The number of H-pyrrole nitrogens is 1. The summed E-state index contributed by atoms with van der Waals surface area (Å²) in [5.74, 6) is -2.57. The van der Waals surface area contributed by atoms with Gasteiger partial charge in [-0.1, -0.05) is 6.07 Å². The molecular formula is C15H13F2N3O2. The van der Waals surface area contributed by atoms with Gasteiger partial charge in [-0.15, -0.1) is 0 Å². The predicted octanol–water partition coefficient (Wildman–Crippen LogP) is 2.02. The first kappa shape index (κ1) is 15.7. The Hall–Kier alpha value is -2.72. The van der Waals surface area contributed by atoms with Crippen LogP contribution in [0.4, 0.5) is 8.78 Å². The van der Waals surface area contributed by atoms with Gasteiger partial charge in [0.1, 0.15) is 11.8 Å². The van der Waals surface area contributed by atoms with Gasteiger partial charge in [-0.3, -0.25) is 4.79 Å². The Labute approximate surface area is 125 Å². The van der Waals surface area contributed by atoms with E-state index in [1.807, 2.05) is 6.07 Å². The molecule has 0 aliphatic carbocycles. The molecule has 7 heteroatoms. The van der Waals surface area contributed by atoms with Crippen molar-refractivity contribution < 1.29 is 18.7 Å². The summed E-state index contributed by atoms with van der Waals surface area (Å²) in [7, 11) is 0. The topological polar surface area (TPSA) is 88.9 Å². The number of aromatic amines is 1. The summed E-state index contributed by atoms with van der Waals surface area (Å²) >= 11 is 0. The summed E-state index contributed by atoms with van der Waals surface area (Å²) in [6.45, 7) is 1.53. The van der Waals surface area contributed by atoms with E-state index in [0.29, 0.717) is 0 Å². The van der Waals surface area contributed by atoms with Gasteiger partial charge in [0.25, 0.3) is 5.91 Å². The summed E-state index contributed by atoms with van der Waals surface area (Å²) in [5.41, 5.74) is 0.623. The van der Waals surface area contributed by atoms with Gasteiger partial charge in [0.05, 0.1) is 17.7 Å². The lowest BCUT2D eigenvalue weighted by atomic mass is 10.0. The largest absolute Gasteiger partial charge is 0.386 e. The van der Waals surface area contributed by atoms with Crippen molar-refractivity contribution in [3.63, 3.8) is 0 Å². The molecule has 114 valence electrons. The van der Waals surface area contributed by atoms with Crippen LogP contribution in [0.3, 0.4) is 0 Å². The molecule has 5 nitrogen and oxygen atoms in total. The maximum absolute atomic E-state index is 13.2. The molecule has 1 amide bonds. The van der Waals surface area contributed by atoms with Crippen molar-refractivity contribution in [2.75, 3.05) is 0 Å². The van der Waals surface area contributed by atoms with Crippen molar-refractivity contribution in [2.24, 2.45) is 0 Å². The highest BCUT2D eigenvalue weighted by Crippen LogP contribution is 2.19. The fourth-order valence-corrected chi connectivity index (χ4v) is 1.94. The van der Waals surface area contributed by atoms with E-state index in [4.69, 9.17) is 5.26 Å². The SMILES string of the molecule is CC(NC(=O)c1c[nH]c(C#N)c1)C(O)c1ccc(F)c(F)c1. The fourth-order valence-electron chi connectivity index (χ4n) is 1.94. The minimum atomic E-state index is -1.20. The van der Waals surface area contributed by atoms with Crippen LogP contribution < -0.4 is 5.32 Å². The minimum Gasteiger partial charge on any atom is -0.386 e. The summed E-state index contributed by atoms with van der Waals surface area (Å²) in [5, 5.41) is 21.3. The molecular weight excluding hydrogens is 292 g/mol. The van der Waals surface area contributed by atoms with Crippen LogP contribution in [-0.4, -0.2) is 22.0 Å². The number of halogens is 2. The van der Waals surface area contributed by atoms with Crippen LogP contribution in [0.25, 0.3) is 0 Å². The van der Waals surface area contributed by atoms with E-state index in [2.05, 4.69) is 10.3 Å². The molecule has 2 aromatic rings. The summed E-state index contributed by atoms with van der Waals surface area (Å²) < 4.78 is 26.0. The van der Waals surface area contributed by atoms with Gasteiger partial charge in [0.15, 0.2) is 11.6 Å². The van der Waals surface area contributed by atoms with Gasteiger partial charge in [-0.05, 0) is 30.7 Å². The van der Waals surface area contributed by atoms with Crippen molar-refractivity contribution in [2.45, 2.75) is 19.1 Å². The van der Waals surface area contributed by atoms with Gasteiger partial charge >= 0.3 is 0 Å². The van der Waals surface area contributed by atoms with Crippen molar-refractivity contribution in [1.29, 1.82) is 5.26 Å². The molecule has 0 saturated carbocycles. The van der Waals surface area contributed by atoms with E-state index in [0.717, 1.165) is 12.1 Å². The van der Waals surface area contributed by atoms with E-state index in [9.17, 15) is 18.7 Å². The number of aliphatic hydroxyl groups is 1. The zero-order valence-corrected chi connectivity index (χ0v) is 11.6. The molecule has 0 aliphatic rings. The lowest BCUT2D eigenvalue weighted by Gasteiger charge is -2.20. The van der Waals surface area contributed by atoms with Gasteiger partial charge in [-0.2, -0.15) is 5.26 Å². The molecule has 0 saturated heterocycles. The highest BCUT2D eigenvalue weighted by Gasteiger charge is 2.20. The third-order valence-electron chi connectivity index (χ3n) is 3.18. The number of rotatable bonds is 4. The number of nitrogens with one attached hydrogen (secondary N) is 2. The number of amides is 1. The second-order valence-corrected chi connectivity index (χ2v) is 4.79. The molecule has 1 aromatic carbocycles. The second-order valence-electron chi connectivity index (χ2n) is 4.79. The van der Waals surface area contributed by atoms with Crippen molar-refractivity contribution in [1.82, 2.24) is 10.3 Å². The molecule has 2 unspecified atom stereocenters. The van der Waals surface area contributed by atoms with Gasteiger partial charge in [0.2, 0.25) is 0 Å². The van der Waals surface area contributed by atoms with Crippen molar-refractivity contribution in [3.8, 4) is 6.07 Å². The first-order chi connectivity index (χ1) is 10.4. The Kier molecular flexibility index (Phi) is 4.53. The van der Waals surface area contributed by atoms with Gasteiger partial charge < -0.3 is 15.4 Å². The third kappa shape index (κ3) is 3.30. The molecule has 2 rings (SSSR count). The highest BCUT2D eigenvalue weighted by atomic mass is 19.2. The number of nitriles is 1. The van der Waals surface area contributed by atoms with Crippen LogP contribution in [0.15, 0.2) is 30.5 Å². The predicted molar refractivity (Wildman–Crippen MR) is 73.8 cm³/mol. The molecule has 2 atom stereocenters. The number of nitrogens with zero attached hydrogens (tertiary/aromatic N) is 1. The Morgan fingerprint density at radius 2 is 2.09 bits per heavy atom. The van der Waals surface area contributed by atoms with Crippen LogP contribution in [0.5, 0.6) is 0 Å². The van der Waals surface area contributed by atoms with E-state index in [1.54, 1.807) is 0 Å². The average molecular weight is 305 g/mol. The molecule has 0 spiro atoms. The Balaban J connectivity index is 2.07. The van der Waals surface area contributed by atoms with Crippen LogP contribution in [0, 0.1) is 23.0 Å². The number of carbonyl (C=O) groups is 1. The lowest BCUT2D eigenvalue weighted by Crippen LogP contribution is -2.37. The van der Waals surface area contributed by atoms with Crippen LogP contribution >= 0.6 is 0 Å². The quantitative estimate of drug-likeness (QED) is 0.807. The summed E-state index contributed by atoms with van der Waals surface area (Å²) in [4.78, 5) is 14.6. The normalized spacial score (nSPS) is 13.2. The number of carbonyl (C=O) groups excluding carboxylic acids is 1. The average Bonchev–Trinajstić information content (AvgIpc) is 2.98. The monoisotopic (exact) mass is 305 g/mol. The molecule has 0 fully saturated rings. The number of hydrogen-bond donors (Lipinski definition) is 3. The number of aliphatic hydroxyl groups excluding tert-OH is 1. The molecule has 0 aliphatic heterocycles. The summed E-state index contributed by atoms with van der Waals surface area (Å²) in [6.07, 6.45) is 0.165. The molecule has 22 heavy (non-hydrogen) atoms. The first-order valence-corrected chi connectivity index (χ1v) is 6.44. The Bertz CT molecular complexity index is 737. The minimum absolute atomic E-state index is 0.151. The van der Waals surface area contributed by atoms with E-state index in [-0.39, 0.29) is 16.8 Å². The van der Waals surface area contributed by atoms with E-state index < -0.39 is 29.7 Å².